The minimum atomic E-state index is -0.545. The Kier molecular flexibility index (Phi) is 4.14. The van der Waals surface area contributed by atoms with Gasteiger partial charge in [-0.05, 0) is 36.5 Å². The van der Waals surface area contributed by atoms with Gasteiger partial charge in [0.2, 0.25) is 0 Å². The molecule has 4 N–H and O–H groups in total. The first-order valence-corrected chi connectivity index (χ1v) is 6.08. The molecule has 0 aliphatic carbocycles. The maximum atomic E-state index is 11.7. The maximum absolute atomic E-state index is 11.7. The van der Waals surface area contributed by atoms with E-state index in [0.29, 0.717) is 11.3 Å². The van der Waals surface area contributed by atoms with Crippen molar-refractivity contribution in [3.05, 3.63) is 52.3 Å². The molecule has 2 aromatic rings. The molecule has 0 radical (unpaired) electrons. The standard InChI is InChI=1S/C12H10N4O4S/c13-12(21)15-14-11(17)10-6-5-9(20-10)7-1-3-8(4-2-7)16(18)19/h1-6H,(H,14,17)(H3,13,15,21). The van der Waals surface area contributed by atoms with E-state index in [4.69, 9.17) is 10.2 Å². The van der Waals surface area contributed by atoms with Gasteiger partial charge in [-0.15, -0.1) is 0 Å². The predicted molar refractivity (Wildman–Crippen MR) is 78.2 cm³/mol. The average molecular weight is 306 g/mol. The highest BCUT2D eigenvalue weighted by Crippen LogP contribution is 2.24. The number of amides is 1. The second-order valence-electron chi connectivity index (χ2n) is 3.91. The van der Waals surface area contributed by atoms with E-state index in [2.05, 4.69) is 23.1 Å². The zero-order chi connectivity index (χ0) is 15.4. The van der Waals surface area contributed by atoms with Crippen molar-refractivity contribution in [2.75, 3.05) is 0 Å². The highest BCUT2D eigenvalue weighted by molar-refractivity contribution is 7.80. The van der Waals surface area contributed by atoms with Gasteiger partial charge in [-0.1, -0.05) is 0 Å². The Morgan fingerprint density at radius 1 is 1.19 bits per heavy atom. The first-order chi connectivity index (χ1) is 9.97. The highest BCUT2D eigenvalue weighted by atomic mass is 32.1. The number of non-ortho nitro benzene ring substituents is 1. The van der Waals surface area contributed by atoms with Crippen molar-refractivity contribution in [1.29, 1.82) is 0 Å². The van der Waals surface area contributed by atoms with E-state index in [1.807, 2.05) is 0 Å². The molecule has 0 bridgehead atoms. The summed E-state index contributed by atoms with van der Waals surface area (Å²) in [5.41, 5.74) is 10.3. The number of nitrogens with zero attached hydrogens (tertiary/aromatic N) is 1. The van der Waals surface area contributed by atoms with E-state index in [-0.39, 0.29) is 16.6 Å². The van der Waals surface area contributed by atoms with Gasteiger partial charge in [0.15, 0.2) is 10.9 Å². The number of hydrogen-bond acceptors (Lipinski definition) is 5. The molecule has 8 nitrogen and oxygen atoms in total. The molecule has 0 saturated carbocycles. The summed E-state index contributed by atoms with van der Waals surface area (Å²) in [5, 5.41) is 10.5. The summed E-state index contributed by atoms with van der Waals surface area (Å²) in [7, 11) is 0. The second kappa shape index (κ2) is 6.01. The zero-order valence-corrected chi connectivity index (χ0v) is 11.3. The highest BCUT2D eigenvalue weighted by Gasteiger charge is 2.13. The Morgan fingerprint density at radius 3 is 2.43 bits per heavy atom. The van der Waals surface area contributed by atoms with Crippen molar-refractivity contribution >= 4 is 28.9 Å². The molecular formula is C12H10N4O4S. The first kappa shape index (κ1) is 14.5. The van der Waals surface area contributed by atoms with Crippen LogP contribution in [0.25, 0.3) is 11.3 Å². The summed E-state index contributed by atoms with van der Waals surface area (Å²) in [6.07, 6.45) is 0. The molecule has 0 spiro atoms. The molecule has 1 amide bonds. The summed E-state index contributed by atoms with van der Waals surface area (Å²) in [4.78, 5) is 21.7. The largest absolute Gasteiger partial charge is 0.451 e. The fourth-order valence-electron chi connectivity index (χ4n) is 1.54. The van der Waals surface area contributed by atoms with Gasteiger partial charge in [-0.2, -0.15) is 0 Å². The van der Waals surface area contributed by atoms with Gasteiger partial charge in [0.05, 0.1) is 4.92 Å². The third-order valence-corrected chi connectivity index (χ3v) is 2.59. The number of nitro benzene ring substituents is 1. The van der Waals surface area contributed by atoms with Crippen LogP contribution in [-0.2, 0) is 0 Å². The number of nitro groups is 1. The van der Waals surface area contributed by atoms with Gasteiger partial charge >= 0.3 is 5.91 Å². The molecule has 0 fully saturated rings. The lowest BCUT2D eigenvalue weighted by Crippen LogP contribution is -2.44. The van der Waals surface area contributed by atoms with Gasteiger partial charge in [0.1, 0.15) is 5.76 Å². The van der Waals surface area contributed by atoms with Crippen molar-refractivity contribution in [1.82, 2.24) is 10.9 Å². The second-order valence-corrected chi connectivity index (χ2v) is 4.35. The number of hydrogen-bond donors (Lipinski definition) is 3. The molecule has 2 rings (SSSR count). The number of hydrazine groups is 1. The number of nitrogens with two attached hydrogens (primary N) is 1. The van der Waals surface area contributed by atoms with Crippen molar-refractivity contribution in [3.63, 3.8) is 0 Å². The molecule has 108 valence electrons. The minimum Gasteiger partial charge on any atom is -0.451 e. The molecule has 9 heteroatoms. The Morgan fingerprint density at radius 2 is 1.86 bits per heavy atom. The van der Waals surface area contributed by atoms with Crippen LogP contribution in [-0.4, -0.2) is 15.9 Å². The van der Waals surface area contributed by atoms with E-state index in [9.17, 15) is 14.9 Å². The fraction of sp³-hybridized carbons (Fsp3) is 0. The number of benzene rings is 1. The number of thiocarbonyl (C=S) groups is 1. The number of carbonyl (C=O) groups is 1. The van der Waals surface area contributed by atoms with Crippen LogP contribution in [0.4, 0.5) is 5.69 Å². The first-order valence-electron chi connectivity index (χ1n) is 5.68. The molecule has 1 aromatic carbocycles. The van der Waals surface area contributed by atoms with Crippen molar-refractivity contribution < 1.29 is 14.1 Å². The Bertz CT molecular complexity index is 696. The smallest absolute Gasteiger partial charge is 0.305 e. The predicted octanol–water partition coefficient (Wildman–Crippen LogP) is 1.33. The lowest BCUT2D eigenvalue weighted by Gasteiger charge is -2.03. The minimum absolute atomic E-state index is 0.0241. The fourth-order valence-corrected chi connectivity index (χ4v) is 1.59. The lowest BCUT2D eigenvalue weighted by atomic mass is 10.1. The van der Waals surface area contributed by atoms with E-state index < -0.39 is 10.8 Å². The molecule has 0 aliphatic rings. The van der Waals surface area contributed by atoms with Crippen molar-refractivity contribution in [2.24, 2.45) is 5.73 Å². The summed E-state index contributed by atoms with van der Waals surface area (Å²) in [6.45, 7) is 0. The zero-order valence-electron chi connectivity index (χ0n) is 10.5. The van der Waals surface area contributed by atoms with Crippen LogP contribution in [0.3, 0.4) is 0 Å². The molecule has 0 aliphatic heterocycles. The SMILES string of the molecule is NC(=S)NNC(=O)c1ccc(-c2ccc([N+](=O)[O-])cc2)o1. The molecule has 21 heavy (non-hydrogen) atoms. The third kappa shape index (κ3) is 3.54. The molecule has 0 unspecified atom stereocenters. The molecule has 0 saturated heterocycles. The number of furan rings is 1. The van der Waals surface area contributed by atoms with Crippen molar-refractivity contribution in [2.45, 2.75) is 0 Å². The van der Waals surface area contributed by atoms with Gasteiger partial charge < -0.3 is 10.2 Å². The van der Waals surface area contributed by atoms with Crippen LogP contribution in [0.1, 0.15) is 10.6 Å². The van der Waals surface area contributed by atoms with Gasteiger partial charge in [-0.25, -0.2) is 0 Å². The van der Waals surface area contributed by atoms with Gasteiger partial charge in [0, 0.05) is 17.7 Å². The maximum Gasteiger partial charge on any atom is 0.305 e. The molecular weight excluding hydrogens is 296 g/mol. The lowest BCUT2D eigenvalue weighted by molar-refractivity contribution is -0.384. The van der Waals surface area contributed by atoms with E-state index in [1.165, 1.54) is 30.3 Å². The molecule has 0 atom stereocenters. The normalized spacial score (nSPS) is 9.90. The van der Waals surface area contributed by atoms with Crippen LogP contribution >= 0.6 is 12.2 Å². The summed E-state index contributed by atoms with van der Waals surface area (Å²) in [5.74, 6) is -0.0894. The van der Waals surface area contributed by atoms with Crippen LogP contribution < -0.4 is 16.6 Å². The van der Waals surface area contributed by atoms with Crippen LogP contribution in [0, 0.1) is 10.1 Å². The topological polar surface area (TPSA) is 123 Å². The summed E-state index contributed by atoms with van der Waals surface area (Å²) in [6, 6.07) is 8.82. The van der Waals surface area contributed by atoms with E-state index in [1.54, 1.807) is 6.07 Å². The van der Waals surface area contributed by atoms with Crippen molar-refractivity contribution in [3.8, 4) is 11.3 Å². The van der Waals surface area contributed by atoms with Gasteiger partial charge in [0.25, 0.3) is 5.69 Å². The van der Waals surface area contributed by atoms with Crippen LogP contribution in [0.2, 0.25) is 0 Å². The van der Waals surface area contributed by atoms with E-state index in [0.717, 1.165) is 0 Å². The van der Waals surface area contributed by atoms with Crippen LogP contribution in [0.5, 0.6) is 0 Å². The number of nitrogens with one attached hydrogen (secondary N) is 2. The average Bonchev–Trinajstić information content (AvgIpc) is 2.94. The Labute approximate surface area is 124 Å². The number of rotatable bonds is 3. The summed E-state index contributed by atoms with van der Waals surface area (Å²) < 4.78 is 5.36. The Balaban J connectivity index is 2.13. The third-order valence-electron chi connectivity index (χ3n) is 2.49. The quantitative estimate of drug-likeness (QED) is 0.444. The monoisotopic (exact) mass is 306 g/mol. The number of carbonyl (C=O) groups excluding carboxylic acids is 1. The van der Waals surface area contributed by atoms with E-state index >= 15 is 0 Å². The Hall–Kier alpha value is -2.94. The molecule has 1 heterocycles. The molecule has 1 aromatic heterocycles. The summed E-state index contributed by atoms with van der Waals surface area (Å²) >= 11 is 4.55. The van der Waals surface area contributed by atoms with Crippen LogP contribution in [0.15, 0.2) is 40.8 Å². The van der Waals surface area contributed by atoms with Gasteiger partial charge in [-0.3, -0.25) is 25.8 Å².